The summed E-state index contributed by atoms with van der Waals surface area (Å²) in [6.45, 7) is 0. The fourth-order valence-corrected chi connectivity index (χ4v) is 7.14. The first-order valence-corrected chi connectivity index (χ1v) is 13.9. The number of fused-ring (bicyclic) bond motifs is 5. The standard InChI is InChI=1S/C33H21BrN2O5/c34-22-14-9-20(10-15-22)28-29(30(37)21-11-16-23(17-12-21)36(40)41)35-26-8-4-1-5-19(26)13-18-27(35)33(28)31(38)24-6-2-3-7-25(24)32(33)39/h1-18,27-29H/t27-,28-,29+/m1/s1. The molecule has 3 atom stereocenters. The lowest BCUT2D eigenvalue weighted by atomic mass is 9.64. The van der Waals surface area contributed by atoms with Crippen molar-refractivity contribution < 1.29 is 19.3 Å². The van der Waals surface area contributed by atoms with Crippen molar-refractivity contribution in [3.63, 3.8) is 0 Å². The van der Waals surface area contributed by atoms with Crippen LogP contribution in [-0.2, 0) is 0 Å². The van der Waals surface area contributed by atoms with Crippen LogP contribution in [0.5, 0.6) is 0 Å². The highest BCUT2D eigenvalue weighted by Gasteiger charge is 2.71. The van der Waals surface area contributed by atoms with Gasteiger partial charge in [-0.3, -0.25) is 24.5 Å². The molecule has 7 nitrogen and oxygen atoms in total. The van der Waals surface area contributed by atoms with E-state index in [0.29, 0.717) is 16.7 Å². The Labute approximate surface area is 243 Å². The zero-order chi connectivity index (χ0) is 28.5. The minimum atomic E-state index is -1.59. The number of benzene rings is 4. The summed E-state index contributed by atoms with van der Waals surface area (Å²) in [4.78, 5) is 56.5. The van der Waals surface area contributed by atoms with Gasteiger partial charge in [-0.15, -0.1) is 0 Å². The molecule has 0 aromatic heterocycles. The Morgan fingerprint density at radius 3 is 2.07 bits per heavy atom. The minimum absolute atomic E-state index is 0.130. The number of hydrogen-bond acceptors (Lipinski definition) is 6. The molecule has 0 N–H and O–H groups in total. The summed E-state index contributed by atoms with van der Waals surface area (Å²) in [5.74, 6) is -1.77. The molecular weight excluding hydrogens is 584 g/mol. The molecule has 1 fully saturated rings. The van der Waals surface area contributed by atoms with Crippen LogP contribution >= 0.6 is 15.9 Å². The van der Waals surface area contributed by atoms with Crippen molar-refractivity contribution in [2.75, 3.05) is 4.90 Å². The van der Waals surface area contributed by atoms with Crippen molar-refractivity contribution >= 4 is 50.7 Å². The third-order valence-corrected chi connectivity index (χ3v) is 9.10. The number of carbonyl (C=O) groups is 3. The Balaban J connectivity index is 1.52. The van der Waals surface area contributed by atoms with Gasteiger partial charge in [-0.2, -0.15) is 0 Å². The van der Waals surface area contributed by atoms with Crippen LogP contribution in [0.3, 0.4) is 0 Å². The largest absolute Gasteiger partial charge is 0.352 e. The van der Waals surface area contributed by atoms with Crippen LogP contribution in [0.4, 0.5) is 11.4 Å². The monoisotopic (exact) mass is 604 g/mol. The minimum Gasteiger partial charge on any atom is -0.352 e. The van der Waals surface area contributed by atoms with E-state index < -0.39 is 28.3 Å². The topological polar surface area (TPSA) is 97.6 Å². The average Bonchev–Trinajstić information content (AvgIpc) is 3.43. The molecule has 8 heteroatoms. The second-order valence-electron chi connectivity index (χ2n) is 10.5. The molecule has 0 amide bonds. The molecule has 2 heterocycles. The summed E-state index contributed by atoms with van der Waals surface area (Å²) in [6, 6.07) is 25.6. The molecule has 0 unspecified atom stereocenters. The molecule has 0 radical (unpaired) electrons. The van der Waals surface area contributed by atoms with Crippen LogP contribution < -0.4 is 4.90 Å². The molecule has 3 aliphatic rings. The van der Waals surface area contributed by atoms with Crippen LogP contribution in [0.25, 0.3) is 6.08 Å². The molecular formula is C33H21BrN2O5. The van der Waals surface area contributed by atoms with Gasteiger partial charge in [-0.25, -0.2) is 0 Å². The van der Waals surface area contributed by atoms with Crippen molar-refractivity contribution in [1.82, 2.24) is 0 Å². The fourth-order valence-electron chi connectivity index (χ4n) is 6.88. The molecule has 200 valence electrons. The maximum atomic E-state index is 14.6. The van der Waals surface area contributed by atoms with E-state index in [1.165, 1.54) is 24.3 Å². The molecule has 41 heavy (non-hydrogen) atoms. The summed E-state index contributed by atoms with van der Waals surface area (Å²) in [6.07, 6.45) is 3.79. The number of anilines is 1. The maximum absolute atomic E-state index is 14.6. The number of nitro benzene ring substituents is 1. The number of nitrogens with zero attached hydrogens (tertiary/aromatic N) is 2. The van der Waals surface area contributed by atoms with E-state index >= 15 is 0 Å². The zero-order valence-corrected chi connectivity index (χ0v) is 23.0. The first-order chi connectivity index (χ1) is 19.8. The lowest BCUT2D eigenvalue weighted by Gasteiger charge is -2.37. The molecule has 1 spiro atoms. The maximum Gasteiger partial charge on any atom is 0.269 e. The summed E-state index contributed by atoms with van der Waals surface area (Å²) in [5.41, 5.74) is 1.55. The number of para-hydroxylation sites is 1. The van der Waals surface area contributed by atoms with Crippen LogP contribution in [0, 0.1) is 15.5 Å². The van der Waals surface area contributed by atoms with Gasteiger partial charge < -0.3 is 4.90 Å². The summed E-state index contributed by atoms with van der Waals surface area (Å²) in [7, 11) is 0. The molecule has 0 bridgehead atoms. The average molecular weight is 605 g/mol. The van der Waals surface area contributed by atoms with Crippen molar-refractivity contribution in [2.24, 2.45) is 5.41 Å². The highest BCUT2D eigenvalue weighted by Crippen LogP contribution is 2.61. The smallest absolute Gasteiger partial charge is 0.269 e. The van der Waals surface area contributed by atoms with Crippen LogP contribution in [0.1, 0.15) is 48.1 Å². The van der Waals surface area contributed by atoms with Gasteiger partial charge >= 0.3 is 0 Å². The summed E-state index contributed by atoms with van der Waals surface area (Å²) in [5, 5.41) is 11.3. The lowest BCUT2D eigenvalue weighted by molar-refractivity contribution is -0.384. The molecule has 4 aromatic carbocycles. The predicted molar refractivity (Wildman–Crippen MR) is 157 cm³/mol. The van der Waals surface area contributed by atoms with E-state index in [2.05, 4.69) is 15.9 Å². The van der Waals surface area contributed by atoms with Crippen molar-refractivity contribution in [3.05, 3.63) is 146 Å². The number of carbonyl (C=O) groups excluding carboxylic acids is 3. The highest BCUT2D eigenvalue weighted by molar-refractivity contribution is 9.10. The molecule has 1 saturated heterocycles. The van der Waals surface area contributed by atoms with Gasteiger partial charge in [0.2, 0.25) is 0 Å². The predicted octanol–water partition coefficient (Wildman–Crippen LogP) is 6.67. The Morgan fingerprint density at radius 2 is 1.44 bits per heavy atom. The first-order valence-electron chi connectivity index (χ1n) is 13.1. The van der Waals surface area contributed by atoms with Gasteiger partial charge in [0.05, 0.1) is 11.0 Å². The summed E-state index contributed by atoms with van der Waals surface area (Å²) >= 11 is 3.48. The van der Waals surface area contributed by atoms with E-state index in [-0.39, 0.29) is 28.6 Å². The highest BCUT2D eigenvalue weighted by atomic mass is 79.9. The number of nitro groups is 1. The molecule has 2 aliphatic heterocycles. The van der Waals surface area contributed by atoms with E-state index in [0.717, 1.165) is 15.7 Å². The second-order valence-corrected chi connectivity index (χ2v) is 11.4. The van der Waals surface area contributed by atoms with Crippen molar-refractivity contribution in [2.45, 2.75) is 18.0 Å². The quantitative estimate of drug-likeness (QED) is 0.112. The van der Waals surface area contributed by atoms with Crippen molar-refractivity contribution in [1.29, 1.82) is 0 Å². The van der Waals surface area contributed by atoms with E-state index in [9.17, 15) is 24.5 Å². The zero-order valence-electron chi connectivity index (χ0n) is 21.4. The van der Waals surface area contributed by atoms with Gasteiger partial charge in [0.1, 0.15) is 11.5 Å². The SMILES string of the molecule is O=C(c1ccc([N+](=O)[O-])cc1)[C@@H]1[C@@H](c2ccc(Br)cc2)C2(C(=O)c3ccccc3C2=O)[C@H]2C=Cc3ccccc3N12. The Morgan fingerprint density at radius 1 is 0.829 bits per heavy atom. The summed E-state index contributed by atoms with van der Waals surface area (Å²) < 4.78 is 0.821. The third-order valence-electron chi connectivity index (χ3n) is 8.57. The van der Waals surface area contributed by atoms with Crippen LogP contribution in [-0.4, -0.2) is 34.4 Å². The first kappa shape index (κ1) is 25.3. The number of rotatable bonds is 4. The van der Waals surface area contributed by atoms with Crippen molar-refractivity contribution in [3.8, 4) is 0 Å². The number of hydrogen-bond donors (Lipinski definition) is 0. The van der Waals surface area contributed by atoms with Gasteiger partial charge in [0.15, 0.2) is 17.3 Å². The number of ketones is 3. The molecule has 4 aromatic rings. The Hall–Kier alpha value is -4.69. The fraction of sp³-hybridized carbons (Fsp3) is 0.121. The molecule has 1 aliphatic carbocycles. The van der Waals surface area contributed by atoms with Gasteiger partial charge in [0.25, 0.3) is 5.69 Å². The Bertz CT molecular complexity index is 1780. The van der Waals surface area contributed by atoms with E-state index in [1.54, 1.807) is 24.3 Å². The molecule has 0 saturated carbocycles. The number of non-ortho nitro benzene ring substituents is 1. The van der Waals surface area contributed by atoms with Gasteiger partial charge in [-0.1, -0.05) is 82.7 Å². The van der Waals surface area contributed by atoms with Crippen LogP contribution in [0.15, 0.2) is 108 Å². The van der Waals surface area contributed by atoms with E-state index in [1.807, 2.05) is 65.6 Å². The van der Waals surface area contributed by atoms with Gasteiger partial charge in [-0.05, 0) is 41.5 Å². The lowest BCUT2D eigenvalue weighted by Crippen LogP contribution is -2.48. The Kier molecular flexibility index (Phi) is 5.66. The van der Waals surface area contributed by atoms with Gasteiger partial charge in [0, 0.05) is 44.9 Å². The number of Topliss-reactive ketones (excluding diaryl/α,β-unsaturated/α-hetero) is 3. The normalized spacial score (nSPS) is 21.5. The molecule has 7 rings (SSSR count). The number of halogens is 1. The second kappa shape index (κ2) is 9.17. The third kappa shape index (κ3) is 3.47. The van der Waals surface area contributed by atoms with E-state index in [4.69, 9.17) is 0 Å². The van der Waals surface area contributed by atoms with Crippen LogP contribution in [0.2, 0.25) is 0 Å².